The van der Waals surface area contributed by atoms with Crippen LogP contribution in [0.5, 0.6) is 5.75 Å². The van der Waals surface area contributed by atoms with Crippen LogP contribution in [0.1, 0.15) is 82.5 Å². The molecule has 0 heterocycles. The Kier molecular flexibility index (Phi) is 19.2. The molecule has 8 heteroatoms. The minimum atomic E-state index is -0.864. The second-order valence-corrected chi connectivity index (χ2v) is 10.8. The Bertz CT molecular complexity index is 1500. The minimum Gasteiger partial charge on any atom is -0.462 e. The van der Waals surface area contributed by atoms with Crippen molar-refractivity contribution in [2.24, 2.45) is 0 Å². The highest BCUT2D eigenvalue weighted by molar-refractivity contribution is 5.95. The van der Waals surface area contributed by atoms with Crippen LogP contribution in [-0.4, -0.2) is 30.6 Å². The summed E-state index contributed by atoms with van der Waals surface area (Å²) in [6.07, 6.45) is 30.8. The van der Waals surface area contributed by atoms with E-state index < -0.39 is 35.6 Å². The molecule has 0 fully saturated rings. The number of esters is 3. The topological polar surface area (TPSA) is 78.9 Å². The van der Waals surface area contributed by atoms with Gasteiger partial charge in [-0.15, -0.1) is 0 Å². The van der Waals surface area contributed by atoms with E-state index in [-0.39, 0.29) is 35.5 Å². The molecule has 1 unspecified atom stereocenters. The number of halogens is 2. The number of ether oxygens (including phenoxy) is 3. The molecule has 0 saturated carbocycles. The molecule has 0 bridgehead atoms. The molecule has 0 radical (unpaired) electrons. The molecule has 48 heavy (non-hydrogen) atoms. The standard InChI is InChI=1S/C40H46F2O6/c1-4-5-6-7-8-9-10-11-12-13-14-15-16-17-18-19-20-21-22-23-39(44)46-30-31(2)47-40(45)36-28-33(24-27-38(36)48-32(3)43)35-26-25-34(41)29-37(35)42/h5-6,8-9,11-12,14-15,17-18,20-21,24-29,31H,4,7,10,13,16,19,22-23,30H2,1-3H3/b6-5-,9-8-,12-11-,15-14-,18-17-,21-20-. The maximum Gasteiger partial charge on any atom is 0.342 e. The molecule has 0 aliphatic carbocycles. The summed E-state index contributed by atoms with van der Waals surface area (Å²) < 4.78 is 43.5. The molecule has 2 aromatic carbocycles. The zero-order valence-electron chi connectivity index (χ0n) is 28.0. The molecule has 0 aromatic heterocycles. The third-order valence-corrected chi connectivity index (χ3v) is 6.59. The zero-order chi connectivity index (χ0) is 35.0. The van der Waals surface area contributed by atoms with Gasteiger partial charge in [0.15, 0.2) is 0 Å². The van der Waals surface area contributed by atoms with Crippen molar-refractivity contribution in [3.05, 3.63) is 127 Å². The fourth-order valence-corrected chi connectivity index (χ4v) is 4.23. The van der Waals surface area contributed by atoms with E-state index in [4.69, 9.17) is 14.2 Å². The number of carbonyl (C=O) groups excluding carboxylic acids is 3. The van der Waals surface area contributed by atoms with Gasteiger partial charge in [-0.2, -0.15) is 0 Å². The maximum atomic E-state index is 14.4. The van der Waals surface area contributed by atoms with Crippen LogP contribution in [-0.2, 0) is 19.1 Å². The summed E-state index contributed by atoms with van der Waals surface area (Å²) in [5.41, 5.74) is 0.166. The van der Waals surface area contributed by atoms with Gasteiger partial charge in [0.2, 0.25) is 0 Å². The van der Waals surface area contributed by atoms with Crippen molar-refractivity contribution in [1.82, 2.24) is 0 Å². The van der Waals surface area contributed by atoms with Crippen LogP contribution in [0.3, 0.4) is 0 Å². The van der Waals surface area contributed by atoms with Crippen molar-refractivity contribution >= 4 is 17.9 Å². The van der Waals surface area contributed by atoms with Crippen LogP contribution < -0.4 is 4.74 Å². The predicted octanol–water partition coefficient (Wildman–Crippen LogP) is 10.1. The number of hydrogen-bond donors (Lipinski definition) is 0. The van der Waals surface area contributed by atoms with Gasteiger partial charge >= 0.3 is 17.9 Å². The molecule has 6 nitrogen and oxygen atoms in total. The highest BCUT2D eigenvalue weighted by Crippen LogP contribution is 2.30. The summed E-state index contributed by atoms with van der Waals surface area (Å²) in [5.74, 6) is -3.62. The van der Waals surface area contributed by atoms with Gasteiger partial charge in [0.05, 0.1) is 0 Å². The Balaban J connectivity index is 1.69. The molecule has 2 rings (SSSR count). The van der Waals surface area contributed by atoms with E-state index >= 15 is 0 Å². The normalized spacial score (nSPS) is 12.7. The van der Waals surface area contributed by atoms with Gasteiger partial charge in [-0.05, 0) is 81.7 Å². The van der Waals surface area contributed by atoms with Crippen LogP contribution in [0.15, 0.2) is 109 Å². The molecule has 0 spiro atoms. The average molecular weight is 661 g/mol. The van der Waals surface area contributed by atoms with Crippen LogP contribution in [0, 0.1) is 11.6 Å². The minimum absolute atomic E-state index is 0.0497. The van der Waals surface area contributed by atoms with Gasteiger partial charge in [0.25, 0.3) is 0 Å². The highest BCUT2D eigenvalue weighted by Gasteiger charge is 2.21. The molecule has 0 aliphatic rings. The summed E-state index contributed by atoms with van der Waals surface area (Å²) in [5, 5.41) is 0. The summed E-state index contributed by atoms with van der Waals surface area (Å²) in [6.45, 7) is 4.67. The van der Waals surface area contributed by atoms with Crippen LogP contribution in [0.25, 0.3) is 11.1 Å². The van der Waals surface area contributed by atoms with Crippen LogP contribution in [0.4, 0.5) is 8.78 Å². The number of allylic oxidation sites excluding steroid dienone is 12. The van der Waals surface area contributed by atoms with Gasteiger partial charge < -0.3 is 14.2 Å². The monoisotopic (exact) mass is 660 g/mol. The predicted molar refractivity (Wildman–Crippen MR) is 186 cm³/mol. The van der Waals surface area contributed by atoms with Gasteiger partial charge in [-0.25, -0.2) is 13.6 Å². The number of hydrogen-bond acceptors (Lipinski definition) is 6. The molecule has 1 atom stereocenters. The summed E-state index contributed by atoms with van der Waals surface area (Å²) in [7, 11) is 0. The van der Waals surface area contributed by atoms with Crippen molar-refractivity contribution in [2.45, 2.75) is 78.2 Å². The first kappa shape index (κ1) is 39.3. The van der Waals surface area contributed by atoms with Crippen molar-refractivity contribution in [1.29, 1.82) is 0 Å². The summed E-state index contributed by atoms with van der Waals surface area (Å²) >= 11 is 0. The molecule has 0 aliphatic heterocycles. The number of rotatable bonds is 20. The lowest BCUT2D eigenvalue weighted by Crippen LogP contribution is -2.23. The van der Waals surface area contributed by atoms with Crippen molar-refractivity contribution in [3.63, 3.8) is 0 Å². The Hall–Kier alpha value is -4.85. The average Bonchev–Trinajstić information content (AvgIpc) is 3.05. The first-order valence-electron chi connectivity index (χ1n) is 16.3. The van der Waals surface area contributed by atoms with Gasteiger partial charge in [0, 0.05) is 25.0 Å². The Morgan fingerprint density at radius 3 is 1.85 bits per heavy atom. The van der Waals surface area contributed by atoms with E-state index in [1.165, 1.54) is 31.2 Å². The molecule has 0 amide bonds. The van der Waals surface area contributed by atoms with E-state index in [0.717, 1.165) is 50.7 Å². The van der Waals surface area contributed by atoms with Crippen molar-refractivity contribution < 1.29 is 37.4 Å². The third-order valence-electron chi connectivity index (χ3n) is 6.59. The quantitative estimate of drug-likeness (QED) is 0.0799. The van der Waals surface area contributed by atoms with Crippen LogP contribution in [0.2, 0.25) is 0 Å². The maximum absolute atomic E-state index is 14.4. The van der Waals surface area contributed by atoms with E-state index in [0.29, 0.717) is 6.42 Å². The molecular weight excluding hydrogens is 614 g/mol. The summed E-state index contributed by atoms with van der Waals surface area (Å²) in [4.78, 5) is 36.7. The molecular formula is C40H46F2O6. The molecule has 0 saturated heterocycles. The fraction of sp³-hybridized carbons (Fsp3) is 0.325. The number of carbonyl (C=O) groups is 3. The second-order valence-electron chi connectivity index (χ2n) is 10.8. The zero-order valence-corrected chi connectivity index (χ0v) is 28.0. The van der Waals surface area contributed by atoms with Crippen molar-refractivity contribution in [2.75, 3.05) is 6.61 Å². The molecule has 2 aromatic rings. The Labute approximate surface area is 283 Å². The van der Waals surface area contributed by atoms with E-state index in [1.807, 2.05) is 12.2 Å². The Morgan fingerprint density at radius 1 is 0.750 bits per heavy atom. The van der Waals surface area contributed by atoms with E-state index in [1.54, 1.807) is 6.92 Å². The second kappa shape index (κ2) is 23.5. The Morgan fingerprint density at radius 2 is 1.31 bits per heavy atom. The molecule has 0 N–H and O–H groups in total. The first-order valence-corrected chi connectivity index (χ1v) is 16.3. The van der Waals surface area contributed by atoms with E-state index in [2.05, 4.69) is 67.7 Å². The van der Waals surface area contributed by atoms with Gasteiger partial charge in [-0.3, -0.25) is 9.59 Å². The highest BCUT2D eigenvalue weighted by atomic mass is 19.1. The largest absolute Gasteiger partial charge is 0.462 e. The van der Waals surface area contributed by atoms with Gasteiger partial charge in [-0.1, -0.05) is 85.9 Å². The smallest absolute Gasteiger partial charge is 0.342 e. The third kappa shape index (κ3) is 16.6. The van der Waals surface area contributed by atoms with Gasteiger partial charge in [0.1, 0.15) is 35.7 Å². The lowest BCUT2D eigenvalue weighted by Gasteiger charge is -2.16. The van der Waals surface area contributed by atoms with Crippen molar-refractivity contribution in [3.8, 4) is 16.9 Å². The lowest BCUT2D eigenvalue weighted by atomic mass is 10.0. The molecule has 256 valence electrons. The lowest BCUT2D eigenvalue weighted by molar-refractivity contribution is -0.146. The fourth-order valence-electron chi connectivity index (χ4n) is 4.23. The van der Waals surface area contributed by atoms with E-state index in [9.17, 15) is 23.2 Å². The SMILES string of the molecule is CC/C=C\C/C=C\C/C=C\C/C=C\C/C=C\C/C=C\CCC(=O)OCC(C)OC(=O)c1cc(-c2ccc(F)cc2F)ccc1OC(C)=O. The number of benzene rings is 2. The van der Waals surface area contributed by atoms with Crippen LogP contribution >= 0.6 is 0 Å². The first-order chi connectivity index (χ1) is 23.2. The summed E-state index contributed by atoms with van der Waals surface area (Å²) in [6, 6.07) is 7.12.